The number of carbonyl (C=O) groups excluding carboxylic acids is 1. The SMILES string of the molecule is O=C(Cc1ccc(-n2cnnc2)cc1)N1CCC1C1CC1. The van der Waals surface area contributed by atoms with E-state index in [-0.39, 0.29) is 5.91 Å². The van der Waals surface area contributed by atoms with Crippen LogP contribution in [0.5, 0.6) is 0 Å². The van der Waals surface area contributed by atoms with E-state index in [2.05, 4.69) is 15.1 Å². The molecule has 1 amide bonds. The molecule has 21 heavy (non-hydrogen) atoms. The number of hydrogen-bond donors (Lipinski definition) is 0. The molecule has 0 N–H and O–H groups in total. The Labute approximate surface area is 123 Å². The maximum atomic E-state index is 12.4. The molecule has 1 saturated heterocycles. The number of amides is 1. The highest BCUT2D eigenvalue weighted by molar-refractivity contribution is 5.80. The predicted molar refractivity (Wildman–Crippen MR) is 77.9 cm³/mol. The molecule has 2 fully saturated rings. The Hall–Kier alpha value is -2.17. The van der Waals surface area contributed by atoms with E-state index in [1.807, 2.05) is 28.8 Å². The molecule has 108 valence electrons. The zero-order valence-corrected chi connectivity index (χ0v) is 11.9. The average Bonchev–Trinajstić information content (AvgIpc) is 3.11. The lowest BCUT2D eigenvalue weighted by atomic mass is 9.97. The molecule has 1 aromatic heterocycles. The molecular formula is C16H18N4O. The van der Waals surface area contributed by atoms with Crippen molar-refractivity contribution in [1.29, 1.82) is 0 Å². The summed E-state index contributed by atoms with van der Waals surface area (Å²) in [5.41, 5.74) is 2.08. The van der Waals surface area contributed by atoms with Crippen molar-refractivity contribution >= 4 is 5.91 Å². The van der Waals surface area contributed by atoms with Crippen LogP contribution in [0.2, 0.25) is 0 Å². The minimum atomic E-state index is 0.273. The van der Waals surface area contributed by atoms with Crippen molar-refractivity contribution < 1.29 is 4.79 Å². The highest BCUT2D eigenvalue weighted by Gasteiger charge is 2.42. The summed E-state index contributed by atoms with van der Waals surface area (Å²) >= 11 is 0. The third kappa shape index (κ3) is 2.44. The van der Waals surface area contributed by atoms with E-state index < -0.39 is 0 Å². The molecule has 2 heterocycles. The number of hydrogen-bond acceptors (Lipinski definition) is 3. The van der Waals surface area contributed by atoms with Gasteiger partial charge in [0.05, 0.1) is 6.42 Å². The lowest BCUT2D eigenvalue weighted by Crippen LogP contribution is -2.52. The quantitative estimate of drug-likeness (QED) is 0.859. The Kier molecular flexibility index (Phi) is 2.98. The molecule has 1 atom stereocenters. The molecule has 5 nitrogen and oxygen atoms in total. The summed E-state index contributed by atoms with van der Waals surface area (Å²) in [7, 11) is 0. The van der Waals surface area contributed by atoms with Crippen molar-refractivity contribution in [3.63, 3.8) is 0 Å². The largest absolute Gasteiger partial charge is 0.339 e. The van der Waals surface area contributed by atoms with Gasteiger partial charge in [0.25, 0.3) is 0 Å². The molecule has 4 rings (SSSR count). The van der Waals surface area contributed by atoms with Crippen LogP contribution in [-0.4, -0.2) is 38.2 Å². The molecule has 1 saturated carbocycles. The number of nitrogens with zero attached hydrogens (tertiary/aromatic N) is 4. The standard InChI is InChI=1S/C16H18N4O/c21-16(20-8-7-15(20)13-3-4-13)9-12-1-5-14(6-2-12)19-10-17-18-11-19/h1-2,5-6,10-11,13,15H,3-4,7-9H2. The molecule has 1 unspecified atom stereocenters. The van der Waals surface area contributed by atoms with Crippen molar-refractivity contribution in [2.24, 2.45) is 5.92 Å². The van der Waals surface area contributed by atoms with Crippen LogP contribution in [0.3, 0.4) is 0 Å². The predicted octanol–water partition coefficient (Wildman–Crippen LogP) is 1.82. The van der Waals surface area contributed by atoms with Crippen LogP contribution in [0.25, 0.3) is 5.69 Å². The molecule has 1 aromatic carbocycles. The van der Waals surface area contributed by atoms with Gasteiger partial charge in [0.15, 0.2) is 0 Å². The van der Waals surface area contributed by atoms with Crippen molar-refractivity contribution in [2.45, 2.75) is 31.7 Å². The van der Waals surface area contributed by atoms with Crippen LogP contribution in [0.1, 0.15) is 24.8 Å². The monoisotopic (exact) mass is 282 g/mol. The van der Waals surface area contributed by atoms with Gasteiger partial charge in [-0.3, -0.25) is 9.36 Å². The average molecular weight is 282 g/mol. The zero-order valence-electron chi connectivity index (χ0n) is 11.9. The Bertz CT molecular complexity index is 631. The van der Waals surface area contributed by atoms with Gasteiger partial charge < -0.3 is 4.90 Å². The number of rotatable bonds is 4. The third-order valence-corrected chi connectivity index (χ3v) is 4.56. The van der Waals surface area contributed by atoms with Gasteiger partial charge in [-0.1, -0.05) is 12.1 Å². The Morgan fingerprint density at radius 2 is 1.81 bits per heavy atom. The third-order valence-electron chi connectivity index (χ3n) is 4.56. The molecule has 0 radical (unpaired) electrons. The summed E-state index contributed by atoms with van der Waals surface area (Å²) < 4.78 is 1.85. The van der Waals surface area contributed by atoms with Crippen LogP contribution < -0.4 is 0 Å². The molecule has 1 aliphatic carbocycles. The van der Waals surface area contributed by atoms with E-state index >= 15 is 0 Å². The lowest BCUT2D eigenvalue weighted by molar-refractivity contribution is -0.138. The smallest absolute Gasteiger partial charge is 0.227 e. The second-order valence-electron chi connectivity index (χ2n) is 5.99. The van der Waals surface area contributed by atoms with Crippen LogP contribution >= 0.6 is 0 Å². The number of benzene rings is 1. The summed E-state index contributed by atoms with van der Waals surface area (Å²) in [6.45, 7) is 0.943. The van der Waals surface area contributed by atoms with Crippen molar-refractivity contribution in [3.05, 3.63) is 42.5 Å². The fourth-order valence-corrected chi connectivity index (χ4v) is 3.08. The highest BCUT2D eigenvalue weighted by Crippen LogP contribution is 2.41. The highest BCUT2D eigenvalue weighted by atomic mass is 16.2. The fraction of sp³-hybridized carbons (Fsp3) is 0.438. The normalized spacial score (nSPS) is 21.1. The minimum Gasteiger partial charge on any atom is -0.339 e. The summed E-state index contributed by atoms with van der Waals surface area (Å²) in [5, 5.41) is 7.59. The summed E-state index contributed by atoms with van der Waals surface area (Å²) in [4.78, 5) is 14.4. The molecule has 5 heteroatoms. The summed E-state index contributed by atoms with van der Waals surface area (Å²) in [6, 6.07) is 8.56. The Balaban J connectivity index is 1.41. The Morgan fingerprint density at radius 1 is 1.10 bits per heavy atom. The molecule has 0 bridgehead atoms. The van der Waals surface area contributed by atoms with Crippen LogP contribution in [0.15, 0.2) is 36.9 Å². The van der Waals surface area contributed by atoms with Gasteiger partial charge in [-0.15, -0.1) is 10.2 Å². The van der Waals surface area contributed by atoms with E-state index in [1.54, 1.807) is 12.7 Å². The second-order valence-corrected chi connectivity index (χ2v) is 5.99. The number of aromatic nitrogens is 3. The molecular weight excluding hydrogens is 264 g/mol. The van der Waals surface area contributed by atoms with Crippen molar-refractivity contribution in [3.8, 4) is 5.69 Å². The number of likely N-dealkylation sites (tertiary alicyclic amines) is 1. The number of carbonyl (C=O) groups is 1. The van der Waals surface area contributed by atoms with Gasteiger partial charge in [-0.05, 0) is 42.9 Å². The van der Waals surface area contributed by atoms with Gasteiger partial charge >= 0.3 is 0 Å². The lowest BCUT2D eigenvalue weighted by Gasteiger charge is -2.41. The summed E-state index contributed by atoms with van der Waals surface area (Å²) in [5.74, 6) is 1.06. The molecule has 0 spiro atoms. The van der Waals surface area contributed by atoms with Gasteiger partial charge in [-0.2, -0.15) is 0 Å². The first-order chi connectivity index (χ1) is 10.3. The topological polar surface area (TPSA) is 51.0 Å². The van der Waals surface area contributed by atoms with Crippen molar-refractivity contribution in [1.82, 2.24) is 19.7 Å². The maximum Gasteiger partial charge on any atom is 0.227 e. The van der Waals surface area contributed by atoms with Crippen molar-refractivity contribution in [2.75, 3.05) is 6.54 Å². The van der Waals surface area contributed by atoms with E-state index in [0.29, 0.717) is 12.5 Å². The van der Waals surface area contributed by atoms with Crippen LogP contribution in [0.4, 0.5) is 0 Å². The van der Waals surface area contributed by atoms with E-state index in [4.69, 9.17) is 0 Å². The van der Waals surface area contributed by atoms with Crippen LogP contribution in [-0.2, 0) is 11.2 Å². The van der Waals surface area contributed by atoms with E-state index in [1.165, 1.54) is 19.3 Å². The molecule has 1 aliphatic heterocycles. The first-order valence-electron chi connectivity index (χ1n) is 7.55. The first-order valence-corrected chi connectivity index (χ1v) is 7.55. The fourth-order valence-electron chi connectivity index (χ4n) is 3.08. The zero-order chi connectivity index (χ0) is 14.2. The van der Waals surface area contributed by atoms with E-state index in [0.717, 1.165) is 23.7 Å². The summed E-state index contributed by atoms with van der Waals surface area (Å²) in [6.07, 6.45) is 7.65. The molecule has 2 aliphatic rings. The first kappa shape index (κ1) is 12.6. The minimum absolute atomic E-state index is 0.273. The van der Waals surface area contributed by atoms with Gasteiger partial charge in [-0.25, -0.2) is 0 Å². The Morgan fingerprint density at radius 3 is 2.38 bits per heavy atom. The second kappa shape index (κ2) is 4.98. The van der Waals surface area contributed by atoms with Crippen LogP contribution in [0, 0.1) is 5.92 Å². The van der Waals surface area contributed by atoms with Gasteiger partial charge in [0.2, 0.25) is 5.91 Å². The maximum absolute atomic E-state index is 12.4. The van der Waals surface area contributed by atoms with Gasteiger partial charge in [0, 0.05) is 18.3 Å². The molecule has 2 aromatic rings. The van der Waals surface area contributed by atoms with E-state index in [9.17, 15) is 4.79 Å². The van der Waals surface area contributed by atoms with Gasteiger partial charge in [0.1, 0.15) is 12.7 Å².